The summed E-state index contributed by atoms with van der Waals surface area (Å²) < 4.78 is 42.0. The van der Waals surface area contributed by atoms with E-state index in [0.29, 0.717) is 11.1 Å². The van der Waals surface area contributed by atoms with Crippen molar-refractivity contribution in [2.75, 3.05) is 0 Å². The first-order chi connectivity index (χ1) is 13.0. The lowest BCUT2D eigenvalue weighted by atomic mass is 10.0. The molecule has 0 spiro atoms. The number of aryl methyl sites for hydroxylation is 2. The molecule has 0 bridgehead atoms. The van der Waals surface area contributed by atoms with E-state index < -0.39 is 11.6 Å². The van der Waals surface area contributed by atoms with Gasteiger partial charge in [-0.15, -0.1) is 0 Å². The molecule has 138 valence electrons. The van der Waals surface area contributed by atoms with Crippen molar-refractivity contribution in [3.63, 3.8) is 0 Å². The van der Waals surface area contributed by atoms with Gasteiger partial charge in [0.25, 0.3) is 0 Å². The first-order valence-electron chi connectivity index (χ1n) is 9.01. The Morgan fingerprint density at radius 2 is 1.56 bits per heavy atom. The minimum atomic E-state index is -0.840. The molecule has 3 rings (SSSR count). The van der Waals surface area contributed by atoms with E-state index in [1.165, 1.54) is 6.92 Å². The molecule has 0 N–H and O–H groups in total. The molecule has 0 aromatic heterocycles. The molecular weight excluding hydrogens is 345 g/mol. The molecule has 0 unspecified atom stereocenters. The third-order valence-electron chi connectivity index (χ3n) is 4.56. The minimum Gasteiger partial charge on any atom is -0.206 e. The van der Waals surface area contributed by atoms with Gasteiger partial charge in [0.1, 0.15) is 5.82 Å². The van der Waals surface area contributed by atoms with Gasteiger partial charge in [0.2, 0.25) is 0 Å². The molecule has 0 fully saturated rings. The van der Waals surface area contributed by atoms with Crippen LogP contribution in [-0.4, -0.2) is 0 Å². The average molecular weight is 366 g/mol. The summed E-state index contributed by atoms with van der Waals surface area (Å²) in [7, 11) is 0. The van der Waals surface area contributed by atoms with Crippen molar-refractivity contribution in [3.05, 3.63) is 94.3 Å². The van der Waals surface area contributed by atoms with Crippen LogP contribution in [0.2, 0.25) is 0 Å². The molecule has 0 atom stereocenters. The number of halogens is 3. The summed E-state index contributed by atoms with van der Waals surface area (Å²) in [5.41, 5.74) is 3.46. The van der Waals surface area contributed by atoms with Crippen LogP contribution >= 0.6 is 0 Å². The van der Waals surface area contributed by atoms with Crippen LogP contribution < -0.4 is 0 Å². The molecule has 0 heterocycles. The smallest absolute Gasteiger partial charge is 0.166 e. The summed E-state index contributed by atoms with van der Waals surface area (Å²) in [6.07, 6.45) is 5.35. The summed E-state index contributed by atoms with van der Waals surface area (Å²) >= 11 is 0. The van der Waals surface area contributed by atoms with E-state index in [2.05, 4.69) is 6.92 Å². The molecule has 0 amide bonds. The van der Waals surface area contributed by atoms with Gasteiger partial charge >= 0.3 is 0 Å². The predicted molar refractivity (Wildman–Crippen MR) is 106 cm³/mol. The summed E-state index contributed by atoms with van der Waals surface area (Å²) in [6, 6.07) is 15.5. The first kappa shape index (κ1) is 19.0. The molecule has 3 aromatic carbocycles. The fourth-order valence-electron chi connectivity index (χ4n) is 2.98. The number of benzene rings is 3. The van der Waals surface area contributed by atoms with E-state index in [-0.39, 0.29) is 16.9 Å². The molecule has 3 heteroatoms. The maximum absolute atomic E-state index is 14.1. The van der Waals surface area contributed by atoms with Crippen molar-refractivity contribution >= 4 is 12.2 Å². The Hall–Kier alpha value is -2.81. The van der Waals surface area contributed by atoms with Crippen LogP contribution in [0.15, 0.2) is 54.6 Å². The maximum atomic E-state index is 14.1. The lowest BCUT2D eigenvalue weighted by Crippen LogP contribution is -1.93. The van der Waals surface area contributed by atoms with Crippen LogP contribution in [0.1, 0.15) is 35.6 Å². The highest BCUT2D eigenvalue weighted by molar-refractivity contribution is 5.72. The van der Waals surface area contributed by atoms with Gasteiger partial charge in [-0.05, 0) is 41.7 Å². The lowest BCUT2D eigenvalue weighted by molar-refractivity contribution is 0.505. The molecular formula is C24H21F3. The van der Waals surface area contributed by atoms with Gasteiger partial charge in [0.15, 0.2) is 11.6 Å². The fraction of sp³-hybridized carbons (Fsp3) is 0.167. The second-order valence-electron chi connectivity index (χ2n) is 6.62. The monoisotopic (exact) mass is 366 g/mol. The van der Waals surface area contributed by atoms with Crippen molar-refractivity contribution in [1.29, 1.82) is 0 Å². The van der Waals surface area contributed by atoms with Crippen LogP contribution in [0.25, 0.3) is 23.3 Å². The minimum absolute atomic E-state index is 0.228. The van der Waals surface area contributed by atoms with Gasteiger partial charge in [-0.2, -0.15) is 0 Å². The second-order valence-corrected chi connectivity index (χ2v) is 6.62. The number of hydrogen-bond donors (Lipinski definition) is 0. The Bertz CT molecular complexity index is 970. The van der Waals surface area contributed by atoms with Crippen LogP contribution in [-0.2, 0) is 6.42 Å². The Balaban J connectivity index is 1.80. The molecule has 0 aliphatic heterocycles. The normalized spacial score (nSPS) is 11.3. The quantitative estimate of drug-likeness (QED) is 0.419. The lowest BCUT2D eigenvalue weighted by Gasteiger charge is -2.07. The van der Waals surface area contributed by atoms with Gasteiger partial charge in [-0.1, -0.05) is 74.0 Å². The van der Waals surface area contributed by atoms with Crippen LogP contribution in [0.4, 0.5) is 13.2 Å². The molecule has 3 aromatic rings. The van der Waals surface area contributed by atoms with E-state index in [1.807, 2.05) is 6.07 Å². The Kier molecular flexibility index (Phi) is 5.80. The highest BCUT2D eigenvalue weighted by atomic mass is 19.2. The van der Waals surface area contributed by atoms with E-state index in [1.54, 1.807) is 60.7 Å². The summed E-state index contributed by atoms with van der Waals surface area (Å²) in [4.78, 5) is 0. The SMILES string of the molecule is CCCc1ccc(C=Cc2ccc(-c3ccc(C)c(F)c3F)cc2)c(F)c1. The molecule has 27 heavy (non-hydrogen) atoms. The molecule has 0 nitrogen and oxygen atoms in total. The van der Waals surface area contributed by atoms with Gasteiger partial charge in [-0.25, -0.2) is 13.2 Å². The van der Waals surface area contributed by atoms with Crippen LogP contribution in [0.3, 0.4) is 0 Å². The third-order valence-corrected chi connectivity index (χ3v) is 4.56. The topological polar surface area (TPSA) is 0 Å². The summed E-state index contributed by atoms with van der Waals surface area (Å²) in [6.45, 7) is 3.59. The van der Waals surface area contributed by atoms with Crippen LogP contribution in [0.5, 0.6) is 0 Å². The third kappa shape index (κ3) is 4.30. The zero-order valence-electron chi connectivity index (χ0n) is 15.4. The van der Waals surface area contributed by atoms with Crippen molar-refractivity contribution in [1.82, 2.24) is 0 Å². The van der Waals surface area contributed by atoms with Gasteiger partial charge in [0, 0.05) is 11.1 Å². The van der Waals surface area contributed by atoms with Crippen molar-refractivity contribution in [3.8, 4) is 11.1 Å². The Morgan fingerprint density at radius 3 is 2.22 bits per heavy atom. The standard InChI is InChI=1S/C24H21F3/c1-3-4-18-9-13-20(22(25)15-18)12-8-17-6-10-19(11-7-17)21-14-5-16(2)23(26)24(21)27/h5-15H,3-4H2,1-2H3. The zero-order valence-corrected chi connectivity index (χ0v) is 15.4. The Labute approximate surface area is 158 Å². The van der Waals surface area contributed by atoms with Crippen molar-refractivity contribution in [2.45, 2.75) is 26.7 Å². The molecule has 0 saturated carbocycles. The van der Waals surface area contributed by atoms with E-state index in [9.17, 15) is 13.2 Å². The summed E-state index contributed by atoms with van der Waals surface area (Å²) in [5.74, 6) is -1.91. The van der Waals surface area contributed by atoms with Gasteiger partial charge < -0.3 is 0 Å². The predicted octanol–water partition coefficient (Wildman–Crippen LogP) is 7.20. The molecule has 0 aliphatic carbocycles. The zero-order chi connectivity index (χ0) is 19.4. The van der Waals surface area contributed by atoms with Gasteiger partial charge in [0.05, 0.1) is 0 Å². The Morgan fingerprint density at radius 1 is 0.815 bits per heavy atom. The highest BCUT2D eigenvalue weighted by Crippen LogP contribution is 2.27. The van der Waals surface area contributed by atoms with E-state index >= 15 is 0 Å². The largest absolute Gasteiger partial charge is 0.206 e. The highest BCUT2D eigenvalue weighted by Gasteiger charge is 2.12. The number of rotatable bonds is 5. The second kappa shape index (κ2) is 8.26. The van der Waals surface area contributed by atoms with Gasteiger partial charge in [-0.3, -0.25) is 0 Å². The number of hydrogen-bond acceptors (Lipinski definition) is 0. The fourth-order valence-corrected chi connectivity index (χ4v) is 2.98. The van der Waals surface area contributed by atoms with E-state index in [4.69, 9.17) is 0 Å². The average Bonchev–Trinajstić information content (AvgIpc) is 2.66. The molecule has 0 saturated heterocycles. The molecule has 0 radical (unpaired) electrons. The summed E-state index contributed by atoms with van der Waals surface area (Å²) in [5, 5.41) is 0. The van der Waals surface area contributed by atoms with Crippen LogP contribution in [0, 0.1) is 24.4 Å². The van der Waals surface area contributed by atoms with E-state index in [0.717, 1.165) is 24.0 Å². The van der Waals surface area contributed by atoms with Crippen molar-refractivity contribution in [2.24, 2.45) is 0 Å². The molecule has 0 aliphatic rings. The maximum Gasteiger partial charge on any atom is 0.166 e. The van der Waals surface area contributed by atoms with Crippen molar-refractivity contribution < 1.29 is 13.2 Å². The first-order valence-corrected chi connectivity index (χ1v) is 9.01.